The molecule has 1 aliphatic rings. The van der Waals surface area contributed by atoms with Gasteiger partial charge in [-0.25, -0.2) is 0 Å². The Morgan fingerprint density at radius 1 is 1.13 bits per heavy atom. The van der Waals surface area contributed by atoms with E-state index < -0.39 is 0 Å². The molecule has 2 N–H and O–H groups in total. The summed E-state index contributed by atoms with van der Waals surface area (Å²) in [7, 11) is 0. The van der Waals surface area contributed by atoms with Crippen molar-refractivity contribution < 1.29 is 9.59 Å². The van der Waals surface area contributed by atoms with Crippen molar-refractivity contribution in [3.8, 4) is 0 Å². The average molecular weight is 325 g/mol. The van der Waals surface area contributed by atoms with Crippen molar-refractivity contribution in [2.45, 2.75) is 96.9 Å². The van der Waals surface area contributed by atoms with Crippen molar-refractivity contribution in [1.29, 1.82) is 0 Å². The third kappa shape index (κ3) is 8.97. The summed E-state index contributed by atoms with van der Waals surface area (Å²) < 4.78 is 0. The van der Waals surface area contributed by atoms with E-state index >= 15 is 0 Å². The van der Waals surface area contributed by atoms with Gasteiger partial charge in [0.25, 0.3) is 0 Å². The Kier molecular flexibility index (Phi) is 10.8. The molecule has 23 heavy (non-hydrogen) atoms. The summed E-state index contributed by atoms with van der Waals surface area (Å²) in [6.45, 7) is 4.95. The second-order valence-corrected chi connectivity index (χ2v) is 7.01. The van der Waals surface area contributed by atoms with Crippen LogP contribution >= 0.6 is 0 Å². The van der Waals surface area contributed by atoms with Crippen LogP contribution in [0.25, 0.3) is 0 Å². The number of hydrogen-bond acceptors (Lipinski definition) is 2. The first-order chi connectivity index (χ1) is 11.1. The molecular formula is C19H36N2O2. The average Bonchev–Trinajstić information content (AvgIpc) is 2.74. The molecule has 4 nitrogen and oxygen atoms in total. The Bertz CT molecular complexity index is 344. The largest absolute Gasteiger partial charge is 0.354 e. The van der Waals surface area contributed by atoms with E-state index in [1.165, 1.54) is 44.9 Å². The fourth-order valence-corrected chi connectivity index (χ4v) is 3.11. The molecular weight excluding hydrogens is 288 g/mol. The summed E-state index contributed by atoms with van der Waals surface area (Å²) in [5.41, 5.74) is 0. The molecule has 1 rings (SSSR count). The third-order valence-electron chi connectivity index (χ3n) is 4.79. The molecule has 0 aliphatic carbocycles. The molecule has 1 heterocycles. The van der Waals surface area contributed by atoms with Crippen molar-refractivity contribution >= 4 is 11.8 Å². The highest BCUT2D eigenvalue weighted by Crippen LogP contribution is 2.14. The molecule has 1 fully saturated rings. The van der Waals surface area contributed by atoms with Gasteiger partial charge >= 0.3 is 0 Å². The van der Waals surface area contributed by atoms with Crippen LogP contribution in [0, 0.1) is 5.92 Å². The molecule has 0 bridgehead atoms. The van der Waals surface area contributed by atoms with Gasteiger partial charge in [0, 0.05) is 12.5 Å². The molecule has 4 heteroatoms. The maximum atomic E-state index is 12.2. The Labute approximate surface area is 142 Å². The number of carbonyl (C=O) groups is 2. The lowest BCUT2D eigenvalue weighted by atomic mass is 10.00. The molecule has 0 unspecified atom stereocenters. The Morgan fingerprint density at radius 2 is 1.78 bits per heavy atom. The topological polar surface area (TPSA) is 58.2 Å². The minimum absolute atomic E-state index is 0.00569. The van der Waals surface area contributed by atoms with E-state index in [1.807, 2.05) is 6.92 Å². The SMILES string of the molecule is CCCCCCCCCC[C@@H](C)C(=O)N[C@H]1CCCCNC1=O. The van der Waals surface area contributed by atoms with E-state index in [0.29, 0.717) is 0 Å². The van der Waals surface area contributed by atoms with Crippen LogP contribution in [0.2, 0.25) is 0 Å². The van der Waals surface area contributed by atoms with E-state index in [-0.39, 0.29) is 23.8 Å². The van der Waals surface area contributed by atoms with E-state index in [9.17, 15) is 9.59 Å². The van der Waals surface area contributed by atoms with Crippen molar-refractivity contribution in [1.82, 2.24) is 10.6 Å². The van der Waals surface area contributed by atoms with Gasteiger partial charge in [0.2, 0.25) is 11.8 Å². The lowest BCUT2D eigenvalue weighted by molar-refractivity contribution is -0.130. The molecule has 0 aromatic carbocycles. The highest BCUT2D eigenvalue weighted by Gasteiger charge is 2.24. The number of carbonyl (C=O) groups excluding carboxylic acids is 2. The van der Waals surface area contributed by atoms with Gasteiger partial charge < -0.3 is 10.6 Å². The third-order valence-corrected chi connectivity index (χ3v) is 4.79. The number of rotatable bonds is 11. The molecule has 2 atom stereocenters. The lowest BCUT2D eigenvalue weighted by Gasteiger charge is -2.18. The molecule has 1 saturated heterocycles. The predicted molar refractivity (Wildman–Crippen MR) is 95.2 cm³/mol. The van der Waals surface area contributed by atoms with Gasteiger partial charge in [-0.15, -0.1) is 0 Å². The summed E-state index contributed by atoms with van der Waals surface area (Å²) in [4.78, 5) is 24.1. The Morgan fingerprint density at radius 3 is 2.48 bits per heavy atom. The zero-order valence-corrected chi connectivity index (χ0v) is 15.2. The van der Waals surface area contributed by atoms with Gasteiger partial charge in [-0.1, -0.05) is 65.2 Å². The molecule has 0 aromatic heterocycles. The number of hydrogen-bond donors (Lipinski definition) is 2. The summed E-state index contributed by atoms with van der Waals surface area (Å²) in [6, 6.07) is -0.328. The summed E-state index contributed by atoms with van der Waals surface area (Å²) >= 11 is 0. The normalized spacial score (nSPS) is 19.7. The monoisotopic (exact) mass is 324 g/mol. The molecule has 0 saturated carbocycles. The standard InChI is InChI=1S/C19H36N2O2/c1-3-4-5-6-7-8-9-10-13-16(2)18(22)21-17-14-11-12-15-20-19(17)23/h16-17H,3-15H2,1-2H3,(H,20,23)(H,21,22)/t16-,17+/m1/s1. The van der Waals surface area contributed by atoms with Gasteiger partial charge in [0.1, 0.15) is 6.04 Å². The summed E-state index contributed by atoms with van der Waals surface area (Å²) in [5.74, 6) is 0.0243. The number of nitrogens with one attached hydrogen (secondary N) is 2. The Balaban J connectivity index is 2.10. The molecule has 0 radical (unpaired) electrons. The molecule has 1 aliphatic heterocycles. The fourth-order valence-electron chi connectivity index (χ4n) is 3.11. The first kappa shape index (κ1) is 20.0. The van der Waals surface area contributed by atoms with Crippen molar-refractivity contribution in [3.05, 3.63) is 0 Å². The first-order valence-corrected chi connectivity index (χ1v) is 9.73. The quantitative estimate of drug-likeness (QED) is 0.566. The maximum absolute atomic E-state index is 12.2. The van der Waals surface area contributed by atoms with Crippen LogP contribution < -0.4 is 10.6 Å². The van der Waals surface area contributed by atoms with E-state index in [0.717, 1.165) is 38.6 Å². The minimum Gasteiger partial charge on any atom is -0.354 e. The van der Waals surface area contributed by atoms with Crippen molar-refractivity contribution in [2.24, 2.45) is 5.92 Å². The van der Waals surface area contributed by atoms with Crippen LogP contribution in [-0.4, -0.2) is 24.4 Å². The summed E-state index contributed by atoms with van der Waals surface area (Å²) in [6.07, 6.45) is 14.0. The predicted octanol–water partition coefficient (Wildman–Crippen LogP) is 3.94. The number of amides is 2. The molecule has 134 valence electrons. The van der Waals surface area contributed by atoms with Crippen LogP contribution in [-0.2, 0) is 9.59 Å². The van der Waals surface area contributed by atoms with Crippen LogP contribution in [0.5, 0.6) is 0 Å². The smallest absolute Gasteiger partial charge is 0.242 e. The van der Waals surface area contributed by atoms with Gasteiger partial charge in [-0.05, 0) is 25.7 Å². The fraction of sp³-hybridized carbons (Fsp3) is 0.895. The van der Waals surface area contributed by atoms with Gasteiger partial charge in [0.05, 0.1) is 0 Å². The molecule has 0 spiro atoms. The summed E-state index contributed by atoms with van der Waals surface area (Å²) in [5, 5.41) is 5.80. The highest BCUT2D eigenvalue weighted by molar-refractivity contribution is 5.88. The van der Waals surface area contributed by atoms with Crippen molar-refractivity contribution in [2.75, 3.05) is 6.54 Å². The van der Waals surface area contributed by atoms with Crippen LogP contribution in [0.1, 0.15) is 90.9 Å². The lowest BCUT2D eigenvalue weighted by Crippen LogP contribution is -2.47. The number of unbranched alkanes of at least 4 members (excludes halogenated alkanes) is 7. The highest BCUT2D eigenvalue weighted by atomic mass is 16.2. The zero-order valence-electron chi connectivity index (χ0n) is 15.2. The molecule has 2 amide bonds. The van der Waals surface area contributed by atoms with E-state index in [2.05, 4.69) is 17.6 Å². The maximum Gasteiger partial charge on any atom is 0.242 e. The van der Waals surface area contributed by atoms with Gasteiger partial charge in [-0.2, -0.15) is 0 Å². The van der Waals surface area contributed by atoms with E-state index in [4.69, 9.17) is 0 Å². The molecule has 0 aromatic rings. The second kappa shape index (κ2) is 12.4. The minimum atomic E-state index is -0.328. The van der Waals surface area contributed by atoms with Crippen molar-refractivity contribution in [3.63, 3.8) is 0 Å². The van der Waals surface area contributed by atoms with Crippen LogP contribution in [0.4, 0.5) is 0 Å². The van der Waals surface area contributed by atoms with Crippen LogP contribution in [0.3, 0.4) is 0 Å². The van der Waals surface area contributed by atoms with E-state index in [1.54, 1.807) is 0 Å². The van der Waals surface area contributed by atoms with Gasteiger partial charge in [-0.3, -0.25) is 9.59 Å². The van der Waals surface area contributed by atoms with Crippen LogP contribution in [0.15, 0.2) is 0 Å². The zero-order chi connectivity index (χ0) is 16.9. The first-order valence-electron chi connectivity index (χ1n) is 9.73. The Hall–Kier alpha value is -1.06. The van der Waals surface area contributed by atoms with Gasteiger partial charge in [0.15, 0.2) is 0 Å². The second-order valence-electron chi connectivity index (χ2n) is 7.01.